The van der Waals surface area contributed by atoms with Crippen LogP contribution in [-0.4, -0.2) is 36.1 Å². The van der Waals surface area contributed by atoms with Crippen LogP contribution < -0.4 is 5.32 Å². The minimum Gasteiger partial charge on any atom is -0.358 e. The zero-order chi connectivity index (χ0) is 20.5. The number of likely N-dealkylation sites (N-methyl/N-ethyl adjacent to an activating group) is 1. The summed E-state index contributed by atoms with van der Waals surface area (Å²) in [6.45, 7) is 11.2. The topological polar surface area (TPSA) is 18.5 Å². The maximum atomic E-state index is 4.01. The molecule has 0 aliphatic heterocycles. The summed E-state index contributed by atoms with van der Waals surface area (Å²) in [6, 6.07) is 25.6. The van der Waals surface area contributed by atoms with Gasteiger partial charge in [0.2, 0.25) is 0 Å². The van der Waals surface area contributed by atoms with Crippen LogP contribution in [-0.2, 0) is 13.1 Å². The lowest BCUT2D eigenvalue weighted by Crippen LogP contribution is -2.49. The van der Waals surface area contributed by atoms with Crippen molar-refractivity contribution in [3.8, 4) is 0 Å². The fourth-order valence-electron chi connectivity index (χ4n) is 3.68. The van der Waals surface area contributed by atoms with Crippen LogP contribution in [0.5, 0.6) is 0 Å². The largest absolute Gasteiger partial charge is 0.358 e. The molecule has 0 bridgehead atoms. The molecule has 0 aliphatic carbocycles. The second kappa shape index (κ2) is 10.6. The summed E-state index contributed by atoms with van der Waals surface area (Å²) >= 11 is 0. The Kier molecular flexibility index (Phi) is 7.62. The number of rotatable bonds is 11. The molecule has 0 saturated heterocycles. The summed E-state index contributed by atoms with van der Waals surface area (Å²) in [6.07, 6.45) is 3.96. The molecule has 1 unspecified atom stereocenters. The Hall–Kier alpha value is -2.88. The van der Waals surface area contributed by atoms with Crippen molar-refractivity contribution < 1.29 is 0 Å². The molecule has 0 heterocycles. The molecule has 3 aromatic carbocycles. The first kappa shape index (κ1) is 20.8. The van der Waals surface area contributed by atoms with Crippen LogP contribution in [0.4, 0.5) is 0 Å². The molecule has 3 nitrogen and oxygen atoms in total. The van der Waals surface area contributed by atoms with Gasteiger partial charge in [-0.2, -0.15) is 0 Å². The van der Waals surface area contributed by atoms with E-state index in [9.17, 15) is 0 Å². The van der Waals surface area contributed by atoms with Crippen molar-refractivity contribution >= 4 is 10.8 Å². The van der Waals surface area contributed by atoms with Crippen molar-refractivity contribution in [2.75, 3.05) is 20.1 Å². The second-order valence-corrected chi connectivity index (χ2v) is 7.39. The van der Waals surface area contributed by atoms with E-state index in [4.69, 9.17) is 0 Å². The molecule has 150 valence electrons. The summed E-state index contributed by atoms with van der Waals surface area (Å²) in [5, 5.41) is 6.30. The standard InChI is InChI=1S/C26H31N3/c1-4-18-29(5-2)26(27-19-22-12-7-6-8-13-22)21-28(3)20-24-16-11-15-23-14-9-10-17-25(23)24/h4-17,26-27H,1-2,18-21H2,3H3. The normalized spacial score (nSPS) is 12.1. The molecule has 0 spiro atoms. The van der Waals surface area contributed by atoms with E-state index < -0.39 is 0 Å². The van der Waals surface area contributed by atoms with Gasteiger partial charge in [0.1, 0.15) is 0 Å². The van der Waals surface area contributed by atoms with E-state index in [2.05, 4.69) is 102 Å². The minimum absolute atomic E-state index is 0.144. The number of nitrogens with one attached hydrogen (secondary N) is 1. The molecule has 0 amide bonds. The molecule has 0 aliphatic rings. The number of nitrogens with zero attached hydrogens (tertiary/aromatic N) is 2. The number of fused-ring (bicyclic) bond motifs is 1. The van der Waals surface area contributed by atoms with Crippen molar-refractivity contribution in [1.82, 2.24) is 15.1 Å². The van der Waals surface area contributed by atoms with Gasteiger partial charge in [-0.1, -0.05) is 85.5 Å². The van der Waals surface area contributed by atoms with E-state index in [1.807, 2.05) is 18.3 Å². The van der Waals surface area contributed by atoms with E-state index in [-0.39, 0.29) is 6.17 Å². The number of hydrogen-bond acceptors (Lipinski definition) is 3. The molecule has 3 heteroatoms. The van der Waals surface area contributed by atoms with Gasteiger partial charge >= 0.3 is 0 Å². The first-order valence-corrected chi connectivity index (χ1v) is 10.1. The minimum atomic E-state index is 0.144. The van der Waals surface area contributed by atoms with Crippen LogP contribution in [0.1, 0.15) is 11.1 Å². The van der Waals surface area contributed by atoms with Crippen LogP contribution in [0.3, 0.4) is 0 Å². The van der Waals surface area contributed by atoms with Crippen LogP contribution in [0.2, 0.25) is 0 Å². The van der Waals surface area contributed by atoms with E-state index in [0.29, 0.717) is 0 Å². The molecule has 0 saturated carbocycles. The van der Waals surface area contributed by atoms with Crippen LogP contribution in [0.15, 0.2) is 98.2 Å². The van der Waals surface area contributed by atoms with Gasteiger partial charge < -0.3 is 4.90 Å². The van der Waals surface area contributed by atoms with Crippen LogP contribution in [0, 0.1) is 0 Å². The zero-order valence-corrected chi connectivity index (χ0v) is 17.3. The lowest BCUT2D eigenvalue weighted by atomic mass is 10.0. The van der Waals surface area contributed by atoms with Gasteiger partial charge in [0.15, 0.2) is 0 Å². The summed E-state index contributed by atoms with van der Waals surface area (Å²) in [5.74, 6) is 0. The highest BCUT2D eigenvalue weighted by Crippen LogP contribution is 2.20. The predicted octanol–water partition coefficient (Wildman–Crippen LogP) is 5.02. The van der Waals surface area contributed by atoms with E-state index in [0.717, 1.165) is 26.2 Å². The average Bonchev–Trinajstić information content (AvgIpc) is 2.76. The van der Waals surface area contributed by atoms with Gasteiger partial charge in [-0.25, -0.2) is 0 Å². The average molecular weight is 386 g/mol. The monoisotopic (exact) mass is 385 g/mol. The SMILES string of the molecule is C=CCN(C=C)C(CN(C)Cc1cccc2ccccc12)NCc1ccccc1. The Morgan fingerprint density at radius 2 is 1.66 bits per heavy atom. The van der Waals surface area contributed by atoms with Crippen LogP contribution in [0.25, 0.3) is 10.8 Å². The molecule has 3 aromatic rings. The fraction of sp³-hybridized carbons (Fsp3) is 0.231. The Balaban J connectivity index is 1.71. The summed E-state index contributed by atoms with van der Waals surface area (Å²) < 4.78 is 0. The molecule has 1 N–H and O–H groups in total. The quantitative estimate of drug-likeness (QED) is 0.369. The molecule has 29 heavy (non-hydrogen) atoms. The molecule has 3 rings (SSSR count). The van der Waals surface area contributed by atoms with Gasteiger partial charge in [0, 0.05) is 26.2 Å². The van der Waals surface area contributed by atoms with Gasteiger partial charge in [0.05, 0.1) is 6.17 Å². The third-order valence-corrected chi connectivity index (χ3v) is 5.16. The van der Waals surface area contributed by atoms with Crippen LogP contribution >= 0.6 is 0 Å². The van der Waals surface area contributed by atoms with Crippen molar-refractivity contribution in [2.24, 2.45) is 0 Å². The van der Waals surface area contributed by atoms with Gasteiger partial charge in [0.25, 0.3) is 0 Å². The molecule has 0 radical (unpaired) electrons. The fourth-order valence-corrected chi connectivity index (χ4v) is 3.68. The van der Waals surface area contributed by atoms with Crippen molar-refractivity contribution in [3.63, 3.8) is 0 Å². The predicted molar refractivity (Wildman–Crippen MR) is 124 cm³/mol. The molecular weight excluding hydrogens is 354 g/mol. The molecule has 1 atom stereocenters. The van der Waals surface area contributed by atoms with Crippen molar-refractivity contribution in [3.05, 3.63) is 109 Å². The van der Waals surface area contributed by atoms with E-state index in [1.165, 1.54) is 21.9 Å². The van der Waals surface area contributed by atoms with E-state index in [1.54, 1.807) is 0 Å². The van der Waals surface area contributed by atoms with Gasteiger partial charge in [-0.3, -0.25) is 10.2 Å². The first-order chi connectivity index (χ1) is 14.2. The van der Waals surface area contributed by atoms with Gasteiger partial charge in [-0.15, -0.1) is 6.58 Å². The van der Waals surface area contributed by atoms with Gasteiger partial charge in [-0.05, 0) is 35.1 Å². The number of benzene rings is 3. The lowest BCUT2D eigenvalue weighted by Gasteiger charge is -2.34. The third-order valence-electron chi connectivity index (χ3n) is 5.16. The molecular formula is C26H31N3. The smallest absolute Gasteiger partial charge is 0.0925 e. The number of hydrogen-bond donors (Lipinski definition) is 1. The Morgan fingerprint density at radius 3 is 2.41 bits per heavy atom. The third kappa shape index (κ3) is 5.80. The zero-order valence-electron chi connectivity index (χ0n) is 17.3. The maximum absolute atomic E-state index is 4.01. The highest BCUT2D eigenvalue weighted by Gasteiger charge is 2.17. The summed E-state index contributed by atoms with van der Waals surface area (Å²) in [7, 11) is 2.17. The second-order valence-electron chi connectivity index (χ2n) is 7.39. The lowest BCUT2D eigenvalue weighted by molar-refractivity contribution is 0.176. The van der Waals surface area contributed by atoms with Crippen molar-refractivity contribution in [2.45, 2.75) is 19.3 Å². The first-order valence-electron chi connectivity index (χ1n) is 10.1. The van der Waals surface area contributed by atoms with Crippen molar-refractivity contribution in [1.29, 1.82) is 0 Å². The van der Waals surface area contributed by atoms with E-state index >= 15 is 0 Å². The highest BCUT2D eigenvalue weighted by molar-refractivity contribution is 5.85. The molecule has 0 fully saturated rings. The highest BCUT2D eigenvalue weighted by atomic mass is 15.3. The Morgan fingerprint density at radius 1 is 0.931 bits per heavy atom. The Bertz CT molecular complexity index is 914. The summed E-state index contributed by atoms with van der Waals surface area (Å²) in [4.78, 5) is 4.57. The molecule has 0 aromatic heterocycles. The summed E-state index contributed by atoms with van der Waals surface area (Å²) in [5.41, 5.74) is 2.62. The maximum Gasteiger partial charge on any atom is 0.0925 e. The Labute approximate surface area is 175 Å².